The molecule has 0 spiro atoms. The second-order valence-corrected chi connectivity index (χ2v) is 9.81. The van der Waals surface area contributed by atoms with Crippen LogP contribution in [0.4, 0.5) is 15.8 Å². The van der Waals surface area contributed by atoms with Crippen LogP contribution in [0.5, 0.6) is 5.75 Å². The van der Waals surface area contributed by atoms with Crippen molar-refractivity contribution in [3.05, 3.63) is 70.5 Å². The Labute approximate surface area is 224 Å². The third-order valence-electron chi connectivity index (χ3n) is 6.43. The van der Waals surface area contributed by atoms with Crippen LogP contribution in [0.15, 0.2) is 48.5 Å². The number of nitrogens with zero attached hydrogens (tertiary/aromatic N) is 2. The molecule has 11 heteroatoms. The van der Waals surface area contributed by atoms with Gasteiger partial charge in [0.15, 0.2) is 5.69 Å². The Bertz CT molecular complexity index is 1310. The zero-order chi connectivity index (χ0) is 27.2. The Morgan fingerprint density at radius 3 is 2.47 bits per heavy atom. The van der Waals surface area contributed by atoms with Crippen LogP contribution in [-0.4, -0.2) is 34.7 Å². The van der Waals surface area contributed by atoms with E-state index in [0.29, 0.717) is 29.5 Å². The Balaban J connectivity index is 1.83. The van der Waals surface area contributed by atoms with E-state index in [0.717, 1.165) is 32.1 Å². The summed E-state index contributed by atoms with van der Waals surface area (Å²) in [5, 5.41) is 3.09. The minimum absolute atomic E-state index is 0.0409. The van der Waals surface area contributed by atoms with Crippen molar-refractivity contribution in [2.45, 2.75) is 51.1 Å². The number of nitrogens with one attached hydrogen (secondary N) is 1. The number of halogens is 1. The summed E-state index contributed by atoms with van der Waals surface area (Å²) >= 11 is 0.696. The molecular formula is C27H30FN5O4S. The minimum atomic E-state index is -1.18. The van der Waals surface area contributed by atoms with Gasteiger partial charge >= 0.3 is 0 Å². The van der Waals surface area contributed by atoms with Crippen molar-refractivity contribution in [1.82, 2.24) is 9.69 Å². The molecule has 3 amide bonds. The highest BCUT2D eigenvalue weighted by molar-refractivity contribution is 7.09. The van der Waals surface area contributed by atoms with Gasteiger partial charge in [-0.15, -0.1) is 0 Å². The first-order chi connectivity index (χ1) is 18.3. The number of benzene rings is 2. The van der Waals surface area contributed by atoms with E-state index in [2.05, 4.69) is 9.69 Å². The van der Waals surface area contributed by atoms with Gasteiger partial charge in [-0.1, -0.05) is 37.5 Å². The van der Waals surface area contributed by atoms with Crippen LogP contribution in [-0.2, 0) is 4.79 Å². The minimum Gasteiger partial charge on any atom is -0.494 e. The SMILES string of the molecule is CCOc1ccc([C@@H](C(=O)NC2CCCCC2)N(C(=O)c2snc(C(N)=O)c2N)c2cccc(F)c2)cc1. The van der Waals surface area contributed by atoms with Crippen molar-refractivity contribution in [2.24, 2.45) is 5.73 Å². The van der Waals surface area contributed by atoms with Crippen molar-refractivity contribution in [2.75, 3.05) is 17.2 Å². The number of anilines is 2. The van der Waals surface area contributed by atoms with Crippen molar-refractivity contribution in [3.63, 3.8) is 0 Å². The largest absolute Gasteiger partial charge is 0.494 e. The highest BCUT2D eigenvalue weighted by atomic mass is 32.1. The number of primary amides is 1. The zero-order valence-corrected chi connectivity index (χ0v) is 21.8. The van der Waals surface area contributed by atoms with E-state index in [1.807, 2.05) is 6.92 Å². The van der Waals surface area contributed by atoms with Gasteiger partial charge in [0, 0.05) is 11.7 Å². The molecule has 1 aliphatic rings. The molecule has 38 heavy (non-hydrogen) atoms. The third kappa shape index (κ3) is 5.94. The van der Waals surface area contributed by atoms with Crippen molar-refractivity contribution >= 4 is 40.6 Å². The topological polar surface area (TPSA) is 141 Å². The van der Waals surface area contributed by atoms with E-state index in [1.165, 1.54) is 29.2 Å². The number of carbonyl (C=O) groups excluding carboxylic acids is 3. The van der Waals surface area contributed by atoms with Gasteiger partial charge in [-0.3, -0.25) is 19.3 Å². The van der Waals surface area contributed by atoms with Crippen LogP contribution in [0.2, 0.25) is 0 Å². The van der Waals surface area contributed by atoms with Crippen molar-refractivity contribution < 1.29 is 23.5 Å². The maximum Gasteiger partial charge on any atom is 0.273 e. The van der Waals surface area contributed by atoms with Crippen LogP contribution < -0.4 is 26.4 Å². The number of ether oxygens (including phenoxy) is 1. The summed E-state index contributed by atoms with van der Waals surface area (Å²) in [6, 6.07) is 11.0. The normalized spacial score (nSPS) is 14.5. The molecule has 0 radical (unpaired) electrons. The monoisotopic (exact) mass is 539 g/mol. The molecule has 0 bridgehead atoms. The maximum absolute atomic E-state index is 14.4. The number of carbonyl (C=O) groups is 3. The van der Waals surface area contributed by atoms with Crippen LogP contribution >= 0.6 is 11.5 Å². The zero-order valence-electron chi connectivity index (χ0n) is 21.0. The van der Waals surface area contributed by atoms with Crippen molar-refractivity contribution in [3.8, 4) is 5.75 Å². The van der Waals surface area contributed by atoms with Crippen LogP contribution in [0.1, 0.15) is 70.8 Å². The van der Waals surface area contributed by atoms with Gasteiger partial charge in [0.25, 0.3) is 11.8 Å². The van der Waals surface area contributed by atoms with E-state index in [4.69, 9.17) is 16.2 Å². The first-order valence-corrected chi connectivity index (χ1v) is 13.2. The molecule has 0 saturated heterocycles. The summed E-state index contributed by atoms with van der Waals surface area (Å²) in [5.41, 5.74) is 11.6. The molecule has 200 valence electrons. The molecule has 2 aromatic carbocycles. The van der Waals surface area contributed by atoms with Gasteiger partial charge < -0.3 is 21.5 Å². The van der Waals surface area contributed by atoms with Gasteiger partial charge in [-0.25, -0.2) is 4.39 Å². The van der Waals surface area contributed by atoms with E-state index >= 15 is 0 Å². The smallest absolute Gasteiger partial charge is 0.273 e. The summed E-state index contributed by atoms with van der Waals surface area (Å²) in [6.07, 6.45) is 4.77. The summed E-state index contributed by atoms with van der Waals surface area (Å²) in [6.45, 7) is 2.32. The van der Waals surface area contributed by atoms with Gasteiger partial charge in [-0.05, 0) is 67.2 Å². The van der Waals surface area contributed by atoms with Gasteiger partial charge in [0.1, 0.15) is 22.5 Å². The van der Waals surface area contributed by atoms with Gasteiger partial charge in [-0.2, -0.15) is 4.37 Å². The fraction of sp³-hybridized carbons (Fsp3) is 0.333. The molecule has 9 nitrogen and oxygen atoms in total. The number of nitrogen functional groups attached to an aromatic ring is 1. The lowest BCUT2D eigenvalue weighted by Gasteiger charge is -2.33. The summed E-state index contributed by atoms with van der Waals surface area (Å²) in [5.74, 6) is -2.00. The van der Waals surface area contributed by atoms with Crippen LogP contribution in [0.3, 0.4) is 0 Å². The second-order valence-electron chi connectivity index (χ2n) is 9.04. The molecule has 1 aliphatic carbocycles. The summed E-state index contributed by atoms with van der Waals surface area (Å²) < 4.78 is 23.9. The van der Waals surface area contributed by atoms with E-state index in [-0.39, 0.29) is 28.0 Å². The Morgan fingerprint density at radius 1 is 1.16 bits per heavy atom. The summed E-state index contributed by atoms with van der Waals surface area (Å²) in [7, 11) is 0. The average Bonchev–Trinajstić information content (AvgIpc) is 3.29. The molecule has 0 aliphatic heterocycles. The van der Waals surface area contributed by atoms with Crippen LogP contribution in [0, 0.1) is 5.82 Å². The molecule has 1 heterocycles. The molecule has 1 aromatic heterocycles. The highest BCUT2D eigenvalue weighted by Gasteiger charge is 2.37. The molecule has 1 atom stereocenters. The number of hydrogen-bond donors (Lipinski definition) is 3. The fourth-order valence-electron chi connectivity index (χ4n) is 4.61. The van der Waals surface area contributed by atoms with E-state index in [1.54, 1.807) is 24.3 Å². The number of amides is 3. The van der Waals surface area contributed by atoms with Crippen LogP contribution in [0.25, 0.3) is 0 Å². The van der Waals surface area contributed by atoms with Crippen molar-refractivity contribution in [1.29, 1.82) is 0 Å². The predicted molar refractivity (Wildman–Crippen MR) is 144 cm³/mol. The molecule has 3 aromatic rings. The standard InChI is InChI=1S/C27H30FN5O4S/c1-2-37-20-13-11-16(12-14-20)23(26(35)31-18-8-4-3-5-9-18)33(19-10-6-7-17(28)15-19)27(36)24-21(29)22(25(30)34)32-38-24/h6-7,10-15,18,23H,2-5,8-9,29H2,1H3,(H2,30,34)(H,31,35)/t23-/m0/s1. The lowest BCUT2D eigenvalue weighted by Crippen LogP contribution is -2.47. The first kappa shape index (κ1) is 27.1. The van der Waals surface area contributed by atoms with Gasteiger partial charge in [0.2, 0.25) is 5.91 Å². The number of nitrogens with two attached hydrogens (primary N) is 2. The maximum atomic E-state index is 14.4. The van der Waals surface area contributed by atoms with E-state index < -0.39 is 29.6 Å². The average molecular weight is 540 g/mol. The number of rotatable bonds is 9. The molecule has 5 N–H and O–H groups in total. The molecule has 1 fully saturated rings. The first-order valence-electron chi connectivity index (χ1n) is 12.5. The molecule has 1 saturated carbocycles. The quantitative estimate of drug-likeness (QED) is 0.372. The second kappa shape index (κ2) is 12.0. The Kier molecular flexibility index (Phi) is 8.57. The van der Waals surface area contributed by atoms with E-state index in [9.17, 15) is 18.8 Å². The molecule has 4 rings (SSSR count). The number of hydrogen-bond acceptors (Lipinski definition) is 7. The third-order valence-corrected chi connectivity index (χ3v) is 7.28. The Morgan fingerprint density at radius 2 is 1.87 bits per heavy atom. The predicted octanol–water partition coefficient (Wildman–Crippen LogP) is 4.20. The molecular weight excluding hydrogens is 509 g/mol. The lowest BCUT2D eigenvalue weighted by molar-refractivity contribution is -0.123. The number of aromatic nitrogens is 1. The molecule has 0 unspecified atom stereocenters. The highest BCUT2D eigenvalue weighted by Crippen LogP contribution is 2.34. The Hall–Kier alpha value is -3.99. The lowest BCUT2D eigenvalue weighted by atomic mass is 9.94. The fourth-order valence-corrected chi connectivity index (χ4v) is 5.35. The summed E-state index contributed by atoms with van der Waals surface area (Å²) in [4.78, 5) is 40.8. The van der Waals surface area contributed by atoms with Gasteiger partial charge in [0.05, 0.1) is 12.3 Å².